The molecule has 0 saturated heterocycles. The lowest BCUT2D eigenvalue weighted by Crippen LogP contribution is -2.39. The van der Waals surface area contributed by atoms with E-state index in [4.69, 9.17) is 10.5 Å². The van der Waals surface area contributed by atoms with Gasteiger partial charge >= 0.3 is 5.97 Å². The van der Waals surface area contributed by atoms with E-state index in [-0.39, 0.29) is 18.2 Å². The van der Waals surface area contributed by atoms with Gasteiger partial charge in [0.05, 0.1) is 23.5 Å². The van der Waals surface area contributed by atoms with Crippen molar-refractivity contribution in [1.29, 1.82) is 0 Å². The number of nitrogens with one attached hydrogen (secondary N) is 1. The number of para-hydroxylation sites is 1. The summed E-state index contributed by atoms with van der Waals surface area (Å²) in [6.07, 6.45) is 0. The second kappa shape index (κ2) is 7.52. The first kappa shape index (κ1) is 16.8. The third-order valence-corrected chi connectivity index (χ3v) is 3.19. The van der Waals surface area contributed by atoms with Gasteiger partial charge in [0.25, 0.3) is 0 Å². The van der Waals surface area contributed by atoms with Crippen LogP contribution in [0.25, 0.3) is 0 Å². The van der Waals surface area contributed by atoms with Crippen LogP contribution in [0, 0.1) is 0 Å². The van der Waals surface area contributed by atoms with Crippen LogP contribution in [0.1, 0.15) is 31.1 Å². The Kier molecular flexibility index (Phi) is 6.02. The quantitative estimate of drug-likeness (QED) is 0.616. The van der Waals surface area contributed by atoms with Gasteiger partial charge in [0.1, 0.15) is 6.04 Å². The second-order valence-electron chi connectivity index (χ2n) is 4.71. The van der Waals surface area contributed by atoms with Crippen LogP contribution in [0.2, 0.25) is 0 Å². The molecule has 0 spiro atoms. The van der Waals surface area contributed by atoms with Gasteiger partial charge in [-0.25, -0.2) is 4.79 Å². The Hall–Kier alpha value is -2.24. The number of carbonyl (C=O) groups is 2. The van der Waals surface area contributed by atoms with E-state index in [1.165, 1.54) is 0 Å². The van der Waals surface area contributed by atoms with Gasteiger partial charge in [-0.05, 0) is 32.9 Å². The molecule has 1 atom stereocenters. The second-order valence-corrected chi connectivity index (χ2v) is 4.71. The highest BCUT2D eigenvalue weighted by molar-refractivity contribution is 5.99. The Morgan fingerprint density at radius 2 is 2.05 bits per heavy atom. The number of hydrogen-bond donors (Lipinski definition) is 2. The van der Waals surface area contributed by atoms with Crippen LogP contribution in [-0.2, 0) is 9.53 Å². The minimum absolute atomic E-state index is 0.0431. The molecule has 0 radical (unpaired) electrons. The van der Waals surface area contributed by atoms with E-state index >= 15 is 0 Å². The molecule has 6 heteroatoms. The Labute approximate surface area is 125 Å². The number of amides is 1. The molecule has 1 aromatic carbocycles. The Morgan fingerprint density at radius 3 is 2.62 bits per heavy atom. The molecule has 21 heavy (non-hydrogen) atoms. The van der Waals surface area contributed by atoms with E-state index in [1.807, 2.05) is 6.92 Å². The van der Waals surface area contributed by atoms with Crippen LogP contribution >= 0.6 is 0 Å². The molecule has 3 N–H and O–H groups in total. The van der Waals surface area contributed by atoms with Gasteiger partial charge in [0.2, 0.25) is 5.91 Å². The number of rotatable bonds is 6. The van der Waals surface area contributed by atoms with Crippen LogP contribution in [0.3, 0.4) is 0 Å². The molecule has 1 amide bonds. The molecule has 0 heterocycles. The van der Waals surface area contributed by atoms with Crippen molar-refractivity contribution in [2.24, 2.45) is 0 Å². The van der Waals surface area contributed by atoms with Crippen LogP contribution in [0.5, 0.6) is 0 Å². The minimum atomic E-state index is -0.469. The Balaban J connectivity index is 2.92. The first-order valence-corrected chi connectivity index (χ1v) is 6.99. The van der Waals surface area contributed by atoms with Gasteiger partial charge in [-0.2, -0.15) is 0 Å². The van der Waals surface area contributed by atoms with Gasteiger partial charge < -0.3 is 20.7 Å². The number of carbonyl (C=O) groups excluding carboxylic acids is 2. The average molecular weight is 293 g/mol. The number of ether oxygens (including phenoxy) is 1. The lowest BCUT2D eigenvalue weighted by molar-refractivity contribution is -0.130. The zero-order chi connectivity index (χ0) is 16.0. The SMILES string of the molecule is CCOC(=O)c1cccc(NC(C)C(=O)N(C)CC)c1N. The van der Waals surface area contributed by atoms with Crippen molar-refractivity contribution in [3.63, 3.8) is 0 Å². The van der Waals surface area contributed by atoms with Crippen molar-refractivity contribution in [3.05, 3.63) is 23.8 Å². The van der Waals surface area contributed by atoms with Crippen molar-refractivity contribution < 1.29 is 14.3 Å². The topological polar surface area (TPSA) is 84.7 Å². The highest BCUT2D eigenvalue weighted by Gasteiger charge is 2.19. The number of anilines is 2. The summed E-state index contributed by atoms with van der Waals surface area (Å²) in [7, 11) is 1.74. The van der Waals surface area contributed by atoms with Crippen molar-refractivity contribution in [2.45, 2.75) is 26.8 Å². The van der Waals surface area contributed by atoms with E-state index in [0.29, 0.717) is 17.8 Å². The fourth-order valence-electron chi connectivity index (χ4n) is 1.86. The van der Waals surface area contributed by atoms with Crippen molar-refractivity contribution in [3.8, 4) is 0 Å². The van der Waals surface area contributed by atoms with E-state index < -0.39 is 12.0 Å². The van der Waals surface area contributed by atoms with E-state index in [0.717, 1.165) is 0 Å². The number of likely N-dealkylation sites (N-methyl/N-ethyl adjacent to an activating group) is 1. The molecule has 0 aliphatic heterocycles. The first-order chi connectivity index (χ1) is 9.92. The predicted octanol–water partition coefficient (Wildman–Crippen LogP) is 1.72. The molecule has 0 fully saturated rings. The largest absolute Gasteiger partial charge is 0.462 e. The van der Waals surface area contributed by atoms with Crippen molar-refractivity contribution >= 4 is 23.3 Å². The maximum absolute atomic E-state index is 12.0. The standard InChI is InChI=1S/C15H23N3O3/c1-5-18(4)14(19)10(3)17-12-9-7-8-11(13(12)16)15(20)21-6-2/h7-10,17H,5-6,16H2,1-4H3. The van der Waals surface area contributed by atoms with Gasteiger partial charge in [0, 0.05) is 13.6 Å². The minimum Gasteiger partial charge on any atom is -0.462 e. The summed E-state index contributed by atoms with van der Waals surface area (Å²) >= 11 is 0. The maximum atomic E-state index is 12.0. The van der Waals surface area contributed by atoms with Crippen molar-refractivity contribution in [2.75, 3.05) is 31.2 Å². The van der Waals surface area contributed by atoms with Gasteiger partial charge in [0.15, 0.2) is 0 Å². The predicted molar refractivity (Wildman–Crippen MR) is 83.2 cm³/mol. The number of esters is 1. The fourth-order valence-corrected chi connectivity index (χ4v) is 1.86. The summed E-state index contributed by atoms with van der Waals surface area (Å²) in [6, 6.07) is 4.59. The average Bonchev–Trinajstić information content (AvgIpc) is 2.47. The van der Waals surface area contributed by atoms with Crippen LogP contribution < -0.4 is 11.1 Å². The summed E-state index contributed by atoms with van der Waals surface area (Å²) in [5.41, 5.74) is 7.11. The Morgan fingerprint density at radius 1 is 1.38 bits per heavy atom. The molecule has 0 aromatic heterocycles. The van der Waals surface area contributed by atoms with E-state index in [1.54, 1.807) is 44.0 Å². The highest BCUT2D eigenvalue weighted by Crippen LogP contribution is 2.24. The molecule has 0 bridgehead atoms. The third-order valence-electron chi connectivity index (χ3n) is 3.19. The normalized spacial score (nSPS) is 11.6. The zero-order valence-corrected chi connectivity index (χ0v) is 13.0. The number of hydrogen-bond acceptors (Lipinski definition) is 5. The Bertz CT molecular complexity index is 517. The molecule has 1 aromatic rings. The summed E-state index contributed by atoms with van der Waals surface area (Å²) in [4.78, 5) is 25.4. The summed E-state index contributed by atoms with van der Waals surface area (Å²) in [6.45, 7) is 6.30. The third kappa shape index (κ3) is 4.11. The number of nitrogens with two attached hydrogens (primary N) is 1. The van der Waals surface area contributed by atoms with Gasteiger partial charge in [-0.3, -0.25) is 4.79 Å². The molecule has 1 unspecified atom stereocenters. The van der Waals surface area contributed by atoms with Gasteiger partial charge in [-0.1, -0.05) is 6.07 Å². The smallest absolute Gasteiger partial charge is 0.340 e. The molecule has 0 saturated carbocycles. The fraction of sp³-hybridized carbons (Fsp3) is 0.467. The molecule has 116 valence electrons. The lowest BCUT2D eigenvalue weighted by Gasteiger charge is -2.22. The molecular weight excluding hydrogens is 270 g/mol. The molecule has 1 rings (SSSR count). The monoisotopic (exact) mass is 293 g/mol. The molecule has 0 aliphatic rings. The van der Waals surface area contributed by atoms with Crippen LogP contribution in [-0.4, -0.2) is 43.0 Å². The first-order valence-electron chi connectivity index (χ1n) is 6.99. The number of nitrogens with zero attached hydrogens (tertiary/aromatic N) is 1. The van der Waals surface area contributed by atoms with Crippen molar-refractivity contribution in [1.82, 2.24) is 4.90 Å². The molecular formula is C15H23N3O3. The summed E-state index contributed by atoms with van der Waals surface area (Å²) in [5.74, 6) is -0.512. The summed E-state index contributed by atoms with van der Waals surface area (Å²) < 4.78 is 4.95. The van der Waals surface area contributed by atoms with E-state index in [2.05, 4.69) is 5.32 Å². The number of nitrogen functional groups attached to an aromatic ring is 1. The van der Waals surface area contributed by atoms with E-state index in [9.17, 15) is 9.59 Å². The van der Waals surface area contributed by atoms with Crippen LogP contribution in [0.15, 0.2) is 18.2 Å². The molecule has 0 aliphatic carbocycles. The number of benzene rings is 1. The van der Waals surface area contributed by atoms with Crippen LogP contribution in [0.4, 0.5) is 11.4 Å². The molecule has 6 nitrogen and oxygen atoms in total. The lowest BCUT2D eigenvalue weighted by atomic mass is 10.1. The summed E-state index contributed by atoms with van der Waals surface area (Å²) in [5, 5.41) is 3.04. The maximum Gasteiger partial charge on any atom is 0.340 e. The zero-order valence-electron chi connectivity index (χ0n) is 13.0. The van der Waals surface area contributed by atoms with Gasteiger partial charge in [-0.15, -0.1) is 0 Å². The highest BCUT2D eigenvalue weighted by atomic mass is 16.5.